The number of fused-ring (bicyclic) bond motifs is 1. The first-order valence-corrected chi connectivity index (χ1v) is 9.25. The van der Waals surface area contributed by atoms with E-state index in [1.54, 1.807) is 16.8 Å². The van der Waals surface area contributed by atoms with Crippen LogP contribution in [-0.2, 0) is 17.9 Å². The van der Waals surface area contributed by atoms with E-state index in [-0.39, 0.29) is 18.0 Å². The van der Waals surface area contributed by atoms with E-state index in [4.69, 9.17) is 11.6 Å². The largest absolute Gasteiger partial charge is 0.338 e. The minimum Gasteiger partial charge on any atom is -0.338 e. The Kier molecular flexibility index (Phi) is 5.00. The Morgan fingerprint density at radius 3 is 2.54 bits per heavy atom. The number of hydrogen-bond donors (Lipinski definition) is 1. The molecule has 0 atom stereocenters. The van der Waals surface area contributed by atoms with Gasteiger partial charge < -0.3 is 14.5 Å². The maximum absolute atomic E-state index is 12.4. The molecule has 0 aliphatic rings. The summed E-state index contributed by atoms with van der Waals surface area (Å²) in [5.74, 6) is -0.121. The summed E-state index contributed by atoms with van der Waals surface area (Å²) >= 11 is 6.06. The van der Waals surface area contributed by atoms with Crippen molar-refractivity contribution >= 4 is 34.1 Å². The third kappa shape index (κ3) is 4.00. The van der Waals surface area contributed by atoms with Crippen molar-refractivity contribution in [1.29, 1.82) is 0 Å². The summed E-state index contributed by atoms with van der Waals surface area (Å²) in [7, 11) is 0. The molecule has 0 saturated heterocycles. The van der Waals surface area contributed by atoms with Gasteiger partial charge >= 0.3 is 0 Å². The summed E-state index contributed by atoms with van der Waals surface area (Å²) in [6.45, 7) is 0.690. The lowest BCUT2D eigenvalue weighted by atomic mass is 10.2. The van der Waals surface area contributed by atoms with Crippen LogP contribution in [0.15, 0.2) is 83.9 Å². The third-order valence-corrected chi connectivity index (χ3v) is 4.77. The fourth-order valence-corrected chi connectivity index (χ4v) is 3.30. The molecule has 4 aromatic rings. The molecular formula is C22H18ClN3O2. The highest BCUT2D eigenvalue weighted by molar-refractivity contribution is 6.31. The number of amides is 1. The number of carbonyl (C=O) groups is 1. The number of benzene rings is 2. The maximum Gasteiger partial charge on any atom is 0.250 e. The standard InChI is InChI=1S/C22H18ClN3O2/c23-18-7-6-17-10-12-25(20(17)13-18)15-21(27)24-19-8-4-16(5-9-19)14-26-11-2-1-3-22(26)28/h1-13H,14-15H2,(H,24,27). The van der Waals surface area contributed by atoms with Crippen LogP contribution in [0.4, 0.5) is 5.69 Å². The van der Waals surface area contributed by atoms with E-state index in [0.29, 0.717) is 17.3 Å². The molecule has 0 fully saturated rings. The van der Waals surface area contributed by atoms with Gasteiger partial charge in [-0.05, 0) is 47.3 Å². The minimum absolute atomic E-state index is 0.0427. The lowest BCUT2D eigenvalue weighted by Gasteiger charge is -2.09. The van der Waals surface area contributed by atoms with Crippen molar-refractivity contribution in [2.24, 2.45) is 0 Å². The number of nitrogens with one attached hydrogen (secondary N) is 1. The van der Waals surface area contributed by atoms with E-state index >= 15 is 0 Å². The number of carbonyl (C=O) groups excluding carboxylic acids is 1. The second-order valence-corrected chi connectivity index (χ2v) is 7.00. The molecule has 2 aromatic carbocycles. The van der Waals surface area contributed by atoms with E-state index in [0.717, 1.165) is 16.5 Å². The summed E-state index contributed by atoms with van der Waals surface area (Å²) in [6, 6.07) is 20.1. The van der Waals surface area contributed by atoms with Crippen LogP contribution in [0.5, 0.6) is 0 Å². The van der Waals surface area contributed by atoms with E-state index < -0.39 is 0 Å². The summed E-state index contributed by atoms with van der Waals surface area (Å²) < 4.78 is 3.50. The predicted octanol–water partition coefficient (Wildman–Crippen LogP) is 4.14. The average Bonchev–Trinajstić information content (AvgIpc) is 3.07. The molecule has 140 valence electrons. The lowest BCUT2D eigenvalue weighted by molar-refractivity contribution is -0.116. The van der Waals surface area contributed by atoms with Crippen LogP contribution in [0.25, 0.3) is 10.9 Å². The van der Waals surface area contributed by atoms with Gasteiger partial charge in [0, 0.05) is 34.7 Å². The quantitative estimate of drug-likeness (QED) is 0.555. The normalized spacial score (nSPS) is 10.9. The molecular weight excluding hydrogens is 374 g/mol. The fraction of sp³-hybridized carbons (Fsp3) is 0.0909. The van der Waals surface area contributed by atoms with Crippen LogP contribution < -0.4 is 10.9 Å². The first kappa shape index (κ1) is 18.1. The molecule has 0 bridgehead atoms. The fourth-order valence-electron chi connectivity index (χ4n) is 3.13. The molecule has 0 aliphatic heterocycles. The molecule has 1 N–H and O–H groups in total. The zero-order valence-electron chi connectivity index (χ0n) is 15.0. The summed E-state index contributed by atoms with van der Waals surface area (Å²) in [5, 5.41) is 4.58. The van der Waals surface area contributed by atoms with Gasteiger partial charge in [0.15, 0.2) is 0 Å². The van der Waals surface area contributed by atoms with Crippen LogP contribution in [0.1, 0.15) is 5.56 Å². The van der Waals surface area contributed by atoms with Gasteiger partial charge in [0.2, 0.25) is 5.91 Å². The zero-order chi connectivity index (χ0) is 19.5. The number of pyridine rings is 1. The van der Waals surface area contributed by atoms with Crippen molar-refractivity contribution in [2.45, 2.75) is 13.1 Å². The third-order valence-electron chi connectivity index (χ3n) is 4.54. The van der Waals surface area contributed by atoms with Crippen molar-refractivity contribution in [1.82, 2.24) is 9.13 Å². The van der Waals surface area contributed by atoms with Gasteiger partial charge in [0.1, 0.15) is 6.54 Å². The molecule has 2 aromatic heterocycles. The maximum atomic E-state index is 12.4. The zero-order valence-corrected chi connectivity index (χ0v) is 15.8. The Balaban J connectivity index is 1.42. The second kappa shape index (κ2) is 7.74. The van der Waals surface area contributed by atoms with Crippen LogP contribution in [0.3, 0.4) is 0 Å². The SMILES string of the molecule is O=C(Cn1ccc2ccc(Cl)cc21)Nc1ccc(Cn2ccccc2=O)cc1. The van der Waals surface area contributed by atoms with Gasteiger partial charge in [-0.25, -0.2) is 0 Å². The smallest absolute Gasteiger partial charge is 0.250 e. The highest BCUT2D eigenvalue weighted by atomic mass is 35.5. The molecule has 1 amide bonds. The van der Waals surface area contributed by atoms with Gasteiger partial charge in [0.05, 0.1) is 6.54 Å². The van der Waals surface area contributed by atoms with Gasteiger partial charge in [0.25, 0.3) is 5.56 Å². The van der Waals surface area contributed by atoms with Gasteiger partial charge in [-0.3, -0.25) is 9.59 Å². The molecule has 0 saturated carbocycles. The van der Waals surface area contributed by atoms with Crippen LogP contribution in [0, 0.1) is 0 Å². The Labute approximate surface area is 166 Å². The van der Waals surface area contributed by atoms with Crippen LogP contribution in [-0.4, -0.2) is 15.0 Å². The molecule has 0 unspecified atom stereocenters. The monoisotopic (exact) mass is 391 g/mol. The van der Waals surface area contributed by atoms with E-state index in [1.807, 2.05) is 65.4 Å². The summed E-state index contributed by atoms with van der Waals surface area (Å²) in [5.41, 5.74) is 2.58. The average molecular weight is 392 g/mol. The molecule has 6 heteroatoms. The topological polar surface area (TPSA) is 56.0 Å². The highest BCUT2D eigenvalue weighted by Crippen LogP contribution is 2.20. The number of aromatic nitrogens is 2. The molecule has 0 radical (unpaired) electrons. The second-order valence-electron chi connectivity index (χ2n) is 6.56. The Morgan fingerprint density at radius 2 is 1.75 bits per heavy atom. The minimum atomic E-state index is -0.121. The lowest BCUT2D eigenvalue weighted by Crippen LogP contribution is -2.19. The Hall–Kier alpha value is -3.31. The van der Waals surface area contributed by atoms with Gasteiger partial charge in [-0.15, -0.1) is 0 Å². The molecule has 0 spiro atoms. The Bertz CT molecular complexity index is 1190. The number of rotatable bonds is 5. The van der Waals surface area contributed by atoms with Crippen molar-refractivity contribution in [3.8, 4) is 0 Å². The van der Waals surface area contributed by atoms with Crippen molar-refractivity contribution in [3.63, 3.8) is 0 Å². The Morgan fingerprint density at radius 1 is 0.929 bits per heavy atom. The number of nitrogens with zero attached hydrogens (tertiary/aromatic N) is 2. The number of halogens is 1. The van der Waals surface area contributed by atoms with E-state index in [1.165, 1.54) is 6.07 Å². The van der Waals surface area contributed by atoms with Gasteiger partial charge in [-0.2, -0.15) is 0 Å². The molecule has 4 rings (SSSR count). The molecule has 0 aliphatic carbocycles. The summed E-state index contributed by atoms with van der Waals surface area (Å²) in [4.78, 5) is 24.2. The van der Waals surface area contributed by atoms with E-state index in [9.17, 15) is 9.59 Å². The number of hydrogen-bond acceptors (Lipinski definition) is 2. The van der Waals surface area contributed by atoms with Crippen molar-refractivity contribution < 1.29 is 4.79 Å². The van der Waals surface area contributed by atoms with Gasteiger partial charge in [-0.1, -0.05) is 35.9 Å². The molecule has 28 heavy (non-hydrogen) atoms. The van der Waals surface area contributed by atoms with Crippen molar-refractivity contribution in [2.75, 3.05) is 5.32 Å². The first-order valence-electron chi connectivity index (χ1n) is 8.87. The summed E-state index contributed by atoms with van der Waals surface area (Å²) in [6.07, 6.45) is 3.63. The van der Waals surface area contributed by atoms with Crippen LogP contribution in [0.2, 0.25) is 5.02 Å². The van der Waals surface area contributed by atoms with E-state index in [2.05, 4.69) is 5.32 Å². The highest BCUT2D eigenvalue weighted by Gasteiger charge is 2.08. The van der Waals surface area contributed by atoms with Crippen LogP contribution >= 0.6 is 11.6 Å². The molecule has 2 heterocycles. The first-order chi connectivity index (χ1) is 13.6. The predicted molar refractivity (Wildman–Crippen MR) is 112 cm³/mol. The van der Waals surface area contributed by atoms with Crippen molar-refractivity contribution in [3.05, 3.63) is 100 Å². The number of anilines is 1. The molecule has 5 nitrogen and oxygen atoms in total.